The third-order valence-corrected chi connectivity index (χ3v) is 3.48. The summed E-state index contributed by atoms with van der Waals surface area (Å²) in [6, 6.07) is 5.52. The minimum absolute atomic E-state index is 0.00672. The monoisotopic (exact) mass is 325 g/mol. The standard InChI is InChI=1S/C16H20ClNO4/c1-20-15-11-13(3-2-6-17)4-5-14(15)22-12-16(19)18-7-9-21-10-8-18/h2-5,11H,6-10,12H2,1H3. The third kappa shape index (κ3) is 4.64. The minimum atomic E-state index is -0.0449. The van der Waals surface area contributed by atoms with Gasteiger partial charge in [-0.1, -0.05) is 18.2 Å². The zero-order valence-corrected chi connectivity index (χ0v) is 13.3. The van der Waals surface area contributed by atoms with Gasteiger partial charge < -0.3 is 19.1 Å². The average molecular weight is 326 g/mol. The summed E-state index contributed by atoms with van der Waals surface area (Å²) in [7, 11) is 1.57. The molecule has 0 atom stereocenters. The number of ether oxygens (including phenoxy) is 3. The van der Waals surface area contributed by atoms with Crippen molar-refractivity contribution < 1.29 is 19.0 Å². The van der Waals surface area contributed by atoms with Crippen molar-refractivity contribution in [1.29, 1.82) is 0 Å². The highest BCUT2D eigenvalue weighted by molar-refractivity contribution is 6.19. The first-order chi connectivity index (χ1) is 10.7. The Labute approximate surface area is 135 Å². The maximum atomic E-state index is 12.1. The van der Waals surface area contributed by atoms with Gasteiger partial charge in [-0.2, -0.15) is 0 Å². The zero-order chi connectivity index (χ0) is 15.8. The van der Waals surface area contributed by atoms with Crippen molar-refractivity contribution in [3.8, 4) is 11.5 Å². The zero-order valence-electron chi connectivity index (χ0n) is 12.6. The lowest BCUT2D eigenvalue weighted by atomic mass is 10.2. The summed E-state index contributed by atoms with van der Waals surface area (Å²) in [4.78, 5) is 13.8. The van der Waals surface area contributed by atoms with Gasteiger partial charge in [0.25, 0.3) is 5.91 Å². The topological polar surface area (TPSA) is 48.0 Å². The highest BCUT2D eigenvalue weighted by Gasteiger charge is 2.17. The predicted molar refractivity (Wildman–Crippen MR) is 85.6 cm³/mol. The molecular weight excluding hydrogens is 306 g/mol. The molecule has 0 aromatic heterocycles. The molecule has 0 spiro atoms. The Balaban J connectivity index is 1.96. The van der Waals surface area contributed by atoms with Crippen LogP contribution in [-0.2, 0) is 9.53 Å². The Morgan fingerprint density at radius 3 is 2.82 bits per heavy atom. The lowest BCUT2D eigenvalue weighted by molar-refractivity contribution is -0.137. The number of alkyl halides is 1. The molecule has 0 N–H and O–H groups in total. The molecule has 0 aliphatic carbocycles. The van der Waals surface area contributed by atoms with E-state index in [2.05, 4.69) is 0 Å². The number of carbonyl (C=O) groups is 1. The summed E-state index contributed by atoms with van der Waals surface area (Å²) < 4.78 is 16.1. The molecule has 6 heteroatoms. The Kier molecular flexibility index (Phi) is 6.55. The molecule has 0 bridgehead atoms. The van der Waals surface area contributed by atoms with Gasteiger partial charge in [0, 0.05) is 19.0 Å². The number of methoxy groups -OCH3 is 1. The molecule has 0 radical (unpaired) electrons. The number of nitrogens with zero attached hydrogens (tertiary/aromatic N) is 1. The maximum Gasteiger partial charge on any atom is 0.260 e. The number of hydrogen-bond acceptors (Lipinski definition) is 4. The Hall–Kier alpha value is -1.72. The molecule has 1 aliphatic rings. The van der Waals surface area contributed by atoms with Gasteiger partial charge in [0.1, 0.15) is 0 Å². The number of benzene rings is 1. The summed E-state index contributed by atoms with van der Waals surface area (Å²) in [6.45, 7) is 2.38. The van der Waals surface area contributed by atoms with Crippen LogP contribution in [0.15, 0.2) is 24.3 Å². The van der Waals surface area contributed by atoms with E-state index >= 15 is 0 Å². The normalized spacial score (nSPS) is 15.1. The number of carbonyl (C=O) groups excluding carboxylic acids is 1. The van der Waals surface area contributed by atoms with Crippen LogP contribution in [0.4, 0.5) is 0 Å². The summed E-state index contributed by atoms with van der Waals surface area (Å²) in [6.07, 6.45) is 3.75. The SMILES string of the molecule is COc1cc(C=CCCl)ccc1OCC(=O)N1CCOCC1. The Morgan fingerprint density at radius 1 is 1.36 bits per heavy atom. The van der Waals surface area contributed by atoms with E-state index in [1.165, 1.54) is 0 Å². The lowest BCUT2D eigenvalue weighted by Crippen LogP contribution is -2.43. The summed E-state index contributed by atoms with van der Waals surface area (Å²) in [5.74, 6) is 1.55. The number of morpholine rings is 1. The molecule has 5 nitrogen and oxygen atoms in total. The second kappa shape index (κ2) is 8.66. The van der Waals surface area contributed by atoms with Crippen LogP contribution in [-0.4, -0.2) is 56.7 Å². The molecule has 0 saturated carbocycles. The summed E-state index contributed by atoms with van der Waals surface area (Å²) in [5.41, 5.74) is 0.962. The predicted octanol–water partition coefficient (Wildman–Crippen LogP) is 2.18. The number of hydrogen-bond donors (Lipinski definition) is 0. The fourth-order valence-electron chi connectivity index (χ4n) is 2.13. The Morgan fingerprint density at radius 2 is 2.14 bits per heavy atom. The minimum Gasteiger partial charge on any atom is -0.493 e. The summed E-state index contributed by atoms with van der Waals surface area (Å²) >= 11 is 5.62. The van der Waals surface area contributed by atoms with Gasteiger partial charge in [0.15, 0.2) is 18.1 Å². The van der Waals surface area contributed by atoms with E-state index in [0.29, 0.717) is 43.7 Å². The third-order valence-electron chi connectivity index (χ3n) is 3.30. The number of allylic oxidation sites excluding steroid dienone is 1. The molecule has 1 aromatic carbocycles. The number of amides is 1. The Bertz CT molecular complexity index is 527. The molecule has 1 aromatic rings. The van der Waals surface area contributed by atoms with Crippen molar-refractivity contribution in [3.05, 3.63) is 29.8 Å². The largest absolute Gasteiger partial charge is 0.493 e. The van der Waals surface area contributed by atoms with Crippen molar-refractivity contribution in [2.45, 2.75) is 0 Å². The van der Waals surface area contributed by atoms with E-state index < -0.39 is 0 Å². The van der Waals surface area contributed by atoms with Gasteiger partial charge in [-0.3, -0.25) is 4.79 Å². The molecule has 120 valence electrons. The van der Waals surface area contributed by atoms with Crippen molar-refractivity contribution in [2.24, 2.45) is 0 Å². The molecule has 1 amide bonds. The first-order valence-electron chi connectivity index (χ1n) is 7.13. The fraction of sp³-hybridized carbons (Fsp3) is 0.438. The van der Waals surface area contributed by atoms with Gasteiger partial charge in [0.2, 0.25) is 0 Å². The van der Waals surface area contributed by atoms with Crippen LogP contribution in [0, 0.1) is 0 Å². The second-order valence-corrected chi connectivity index (χ2v) is 5.06. The van der Waals surface area contributed by atoms with Gasteiger partial charge in [-0.05, 0) is 17.7 Å². The highest BCUT2D eigenvalue weighted by atomic mass is 35.5. The van der Waals surface area contributed by atoms with Crippen molar-refractivity contribution >= 4 is 23.6 Å². The van der Waals surface area contributed by atoms with Crippen LogP contribution in [0.3, 0.4) is 0 Å². The first-order valence-corrected chi connectivity index (χ1v) is 7.67. The molecule has 22 heavy (non-hydrogen) atoms. The van der Waals surface area contributed by atoms with Crippen molar-refractivity contribution in [2.75, 3.05) is 45.9 Å². The number of rotatable bonds is 6. The molecule has 0 unspecified atom stereocenters. The van der Waals surface area contributed by atoms with E-state index in [9.17, 15) is 4.79 Å². The van der Waals surface area contributed by atoms with E-state index in [0.717, 1.165) is 5.56 Å². The summed E-state index contributed by atoms with van der Waals surface area (Å²) in [5, 5.41) is 0. The molecular formula is C16H20ClNO4. The fourth-order valence-corrected chi connectivity index (χ4v) is 2.22. The van der Waals surface area contributed by atoms with Crippen LogP contribution < -0.4 is 9.47 Å². The smallest absolute Gasteiger partial charge is 0.260 e. The van der Waals surface area contributed by atoms with Crippen LogP contribution in [0.1, 0.15) is 5.56 Å². The van der Waals surface area contributed by atoms with Crippen LogP contribution in [0.25, 0.3) is 6.08 Å². The quantitative estimate of drug-likeness (QED) is 0.752. The lowest BCUT2D eigenvalue weighted by Gasteiger charge is -2.26. The van der Waals surface area contributed by atoms with Gasteiger partial charge in [-0.15, -0.1) is 11.6 Å². The van der Waals surface area contributed by atoms with E-state index in [1.807, 2.05) is 24.3 Å². The molecule has 1 saturated heterocycles. The molecule has 2 rings (SSSR count). The van der Waals surface area contributed by atoms with Crippen molar-refractivity contribution in [3.63, 3.8) is 0 Å². The van der Waals surface area contributed by atoms with Gasteiger partial charge in [-0.25, -0.2) is 0 Å². The second-order valence-electron chi connectivity index (χ2n) is 4.75. The van der Waals surface area contributed by atoms with Crippen molar-refractivity contribution in [1.82, 2.24) is 4.90 Å². The average Bonchev–Trinajstić information content (AvgIpc) is 2.58. The molecule has 1 fully saturated rings. The van der Waals surface area contributed by atoms with Crippen LogP contribution in [0.2, 0.25) is 0 Å². The van der Waals surface area contributed by atoms with Gasteiger partial charge in [0.05, 0.1) is 20.3 Å². The molecule has 1 aliphatic heterocycles. The highest BCUT2D eigenvalue weighted by Crippen LogP contribution is 2.28. The van der Waals surface area contributed by atoms with E-state index in [4.69, 9.17) is 25.8 Å². The molecule has 1 heterocycles. The van der Waals surface area contributed by atoms with Gasteiger partial charge >= 0.3 is 0 Å². The number of halogens is 1. The van der Waals surface area contributed by atoms with E-state index in [-0.39, 0.29) is 12.5 Å². The van der Waals surface area contributed by atoms with E-state index in [1.54, 1.807) is 18.1 Å². The first kappa shape index (κ1) is 16.6. The van der Waals surface area contributed by atoms with Crippen LogP contribution in [0.5, 0.6) is 11.5 Å². The van der Waals surface area contributed by atoms with Crippen LogP contribution >= 0.6 is 11.6 Å². The maximum absolute atomic E-state index is 12.1.